The van der Waals surface area contributed by atoms with E-state index in [9.17, 15) is 4.79 Å². The number of aromatic nitrogens is 2. The van der Waals surface area contributed by atoms with Gasteiger partial charge in [-0.05, 0) is 55.7 Å². The summed E-state index contributed by atoms with van der Waals surface area (Å²) in [6.45, 7) is 6.67. The third-order valence-electron chi connectivity index (χ3n) is 5.25. The highest BCUT2D eigenvalue weighted by Crippen LogP contribution is 2.26. The summed E-state index contributed by atoms with van der Waals surface area (Å²) in [7, 11) is 1.68. The Bertz CT molecular complexity index is 1020. The molecule has 2 aromatic carbocycles. The van der Waals surface area contributed by atoms with E-state index >= 15 is 0 Å². The van der Waals surface area contributed by atoms with Crippen LogP contribution in [0.25, 0.3) is 10.9 Å². The fourth-order valence-corrected chi connectivity index (χ4v) is 3.48. The standard InChI is InChI=1S/C23H27BrN2O2/c1-5-6-7-21-25-20-13-10-17(23(2,3)28-4)14-19(20)22(27)26(21)15-16-8-11-18(24)12-9-16/h8-14H,5-7,15H2,1-4H3. The topological polar surface area (TPSA) is 44.1 Å². The SMILES string of the molecule is CCCCc1nc2ccc(C(C)(C)OC)cc2c(=O)n1Cc1ccc(Br)cc1. The van der Waals surface area contributed by atoms with Crippen molar-refractivity contribution in [2.45, 2.75) is 52.2 Å². The van der Waals surface area contributed by atoms with E-state index in [0.717, 1.165) is 46.2 Å². The van der Waals surface area contributed by atoms with Gasteiger partial charge in [0.25, 0.3) is 5.56 Å². The summed E-state index contributed by atoms with van der Waals surface area (Å²) in [6, 6.07) is 13.9. The summed E-state index contributed by atoms with van der Waals surface area (Å²) in [5, 5.41) is 0.639. The van der Waals surface area contributed by atoms with Crippen LogP contribution in [0.1, 0.15) is 50.6 Å². The van der Waals surface area contributed by atoms with Crippen molar-refractivity contribution in [3.05, 3.63) is 74.2 Å². The van der Waals surface area contributed by atoms with E-state index in [2.05, 4.69) is 22.9 Å². The van der Waals surface area contributed by atoms with Gasteiger partial charge < -0.3 is 4.74 Å². The van der Waals surface area contributed by atoms with E-state index in [-0.39, 0.29) is 5.56 Å². The minimum absolute atomic E-state index is 0.00720. The van der Waals surface area contributed by atoms with Crippen molar-refractivity contribution >= 4 is 26.8 Å². The van der Waals surface area contributed by atoms with Crippen LogP contribution in [0.15, 0.2) is 51.7 Å². The first-order valence-corrected chi connectivity index (χ1v) is 10.5. The van der Waals surface area contributed by atoms with E-state index in [0.29, 0.717) is 11.9 Å². The van der Waals surface area contributed by atoms with Gasteiger partial charge in [0.15, 0.2) is 0 Å². The second-order valence-electron chi connectivity index (χ2n) is 7.60. The third kappa shape index (κ3) is 4.36. The average Bonchev–Trinajstić information content (AvgIpc) is 2.70. The molecule has 0 saturated carbocycles. The molecule has 0 amide bonds. The zero-order valence-corrected chi connectivity index (χ0v) is 18.5. The van der Waals surface area contributed by atoms with E-state index in [1.54, 1.807) is 7.11 Å². The lowest BCUT2D eigenvalue weighted by molar-refractivity contribution is 0.0193. The number of rotatable bonds is 7. The number of methoxy groups -OCH3 is 1. The first kappa shape index (κ1) is 20.7. The number of unbranched alkanes of at least 4 members (excludes halogenated alkanes) is 1. The van der Waals surface area contributed by atoms with E-state index in [1.165, 1.54) is 0 Å². The summed E-state index contributed by atoms with van der Waals surface area (Å²) < 4.78 is 8.44. The molecule has 3 aromatic rings. The largest absolute Gasteiger partial charge is 0.374 e. The van der Waals surface area contributed by atoms with Crippen LogP contribution in [0.3, 0.4) is 0 Å². The molecule has 0 N–H and O–H groups in total. The number of ether oxygens (including phenoxy) is 1. The van der Waals surface area contributed by atoms with Gasteiger partial charge in [-0.1, -0.05) is 47.5 Å². The quantitative estimate of drug-likeness (QED) is 0.489. The minimum atomic E-state index is -0.460. The number of hydrogen-bond donors (Lipinski definition) is 0. The Morgan fingerprint density at radius 3 is 2.50 bits per heavy atom. The highest BCUT2D eigenvalue weighted by Gasteiger charge is 2.21. The predicted molar refractivity (Wildman–Crippen MR) is 118 cm³/mol. The van der Waals surface area contributed by atoms with Crippen molar-refractivity contribution in [1.29, 1.82) is 0 Å². The number of benzene rings is 2. The van der Waals surface area contributed by atoms with Gasteiger partial charge in [-0.2, -0.15) is 0 Å². The molecule has 0 spiro atoms. The van der Waals surface area contributed by atoms with Gasteiger partial charge in [0.1, 0.15) is 5.82 Å². The monoisotopic (exact) mass is 442 g/mol. The van der Waals surface area contributed by atoms with Gasteiger partial charge in [-0.25, -0.2) is 4.98 Å². The first-order chi connectivity index (χ1) is 13.4. The van der Waals surface area contributed by atoms with Gasteiger partial charge in [0, 0.05) is 18.0 Å². The normalized spacial score (nSPS) is 11.9. The molecule has 0 aliphatic rings. The Labute approximate surface area is 174 Å². The van der Waals surface area contributed by atoms with Crippen molar-refractivity contribution in [1.82, 2.24) is 9.55 Å². The lowest BCUT2D eigenvalue weighted by atomic mass is 9.96. The second-order valence-corrected chi connectivity index (χ2v) is 8.51. The number of fused-ring (bicyclic) bond motifs is 1. The third-order valence-corrected chi connectivity index (χ3v) is 5.78. The van der Waals surface area contributed by atoms with Crippen molar-refractivity contribution in [2.24, 2.45) is 0 Å². The first-order valence-electron chi connectivity index (χ1n) is 9.69. The van der Waals surface area contributed by atoms with Crippen molar-refractivity contribution in [2.75, 3.05) is 7.11 Å². The van der Waals surface area contributed by atoms with E-state index < -0.39 is 5.60 Å². The van der Waals surface area contributed by atoms with Crippen LogP contribution in [-0.2, 0) is 23.3 Å². The summed E-state index contributed by atoms with van der Waals surface area (Å²) in [4.78, 5) is 18.3. The molecule has 0 unspecified atom stereocenters. The molecule has 148 valence electrons. The molecular formula is C23H27BrN2O2. The molecule has 0 saturated heterocycles. The Balaban J connectivity index is 2.15. The van der Waals surface area contributed by atoms with Gasteiger partial charge in [-0.15, -0.1) is 0 Å². The molecule has 0 fully saturated rings. The molecule has 0 radical (unpaired) electrons. The molecule has 5 heteroatoms. The van der Waals surface area contributed by atoms with E-state index in [4.69, 9.17) is 9.72 Å². The minimum Gasteiger partial charge on any atom is -0.374 e. The fraction of sp³-hybridized carbons (Fsp3) is 0.391. The fourth-order valence-electron chi connectivity index (χ4n) is 3.22. The van der Waals surface area contributed by atoms with Crippen LogP contribution in [0.2, 0.25) is 0 Å². The summed E-state index contributed by atoms with van der Waals surface area (Å²) in [6.07, 6.45) is 2.86. The van der Waals surface area contributed by atoms with Crippen LogP contribution < -0.4 is 5.56 Å². The van der Waals surface area contributed by atoms with Crippen molar-refractivity contribution in [3.8, 4) is 0 Å². The highest BCUT2D eigenvalue weighted by molar-refractivity contribution is 9.10. The molecule has 4 nitrogen and oxygen atoms in total. The van der Waals surface area contributed by atoms with Gasteiger partial charge in [0.2, 0.25) is 0 Å². The maximum absolute atomic E-state index is 13.4. The molecule has 0 aliphatic carbocycles. The lowest BCUT2D eigenvalue weighted by Gasteiger charge is -2.24. The second kappa shape index (κ2) is 8.58. The Morgan fingerprint density at radius 2 is 1.86 bits per heavy atom. The predicted octanol–water partition coefficient (Wildman–Crippen LogP) is 5.43. The molecule has 0 aliphatic heterocycles. The summed E-state index contributed by atoms with van der Waals surface area (Å²) in [5.41, 5.74) is 2.35. The lowest BCUT2D eigenvalue weighted by Crippen LogP contribution is -2.27. The summed E-state index contributed by atoms with van der Waals surface area (Å²) in [5.74, 6) is 0.848. The molecule has 0 bridgehead atoms. The maximum Gasteiger partial charge on any atom is 0.261 e. The van der Waals surface area contributed by atoms with E-state index in [1.807, 2.05) is 60.9 Å². The van der Waals surface area contributed by atoms with Crippen molar-refractivity contribution in [3.63, 3.8) is 0 Å². The smallest absolute Gasteiger partial charge is 0.261 e. The Kier molecular flexibility index (Phi) is 6.36. The van der Waals surface area contributed by atoms with Crippen LogP contribution in [0.4, 0.5) is 0 Å². The van der Waals surface area contributed by atoms with Gasteiger partial charge in [-0.3, -0.25) is 9.36 Å². The Morgan fingerprint density at radius 1 is 1.14 bits per heavy atom. The molecule has 1 aromatic heterocycles. The number of halogens is 1. The van der Waals surface area contributed by atoms with Gasteiger partial charge in [0.05, 0.1) is 23.0 Å². The van der Waals surface area contributed by atoms with Gasteiger partial charge >= 0.3 is 0 Å². The van der Waals surface area contributed by atoms with Crippen LogP contribution in [0.5, 0.6) is 0 Å². The number of aryl methyl sites for hydroxylation is 1. The van der Waals surface area contributed by atoms with Crippen LogP contribution in [-0.4, -0.2) is 16.7 Å². The van der Waals surface area contributed by atoms with Crippen LogP contribution >= 0.6 is 15.9 Å². The molecule has 1 heterocycles. The Hall–Kier alpha value is -1.98. The highest BCUT2D eigenvalue weighted by atomic mass is 79.9. The maximum atomic E-state index is 13.4. The molecule has 3 rings (SSSR count). The average molecular weight is 443 g/mol. The van der Waals surface area contributed by atoms with Crippen molar-refractivity contribution < 1.29 is 4.74 Å². The summed E-state index contributed by atoms with van der Waals surface area (Å²) >= 11 is 3.47. The number of nitrogens with zero attached hydrogens (tertiary/aromatic N) is 2. The van der Waals surface area contributed by atoms with Crippen LogP contribution in [0, 0.1) is 0 Å². The zero-order chi connectivity index (χ0) is 20.3. The molecule has 0 atom stereocenters. The zero-order valence-electron chi connectivity index (χ0n) is 17.0. The molecular weight excluding hydrogens is 416 g/mol. The molecule has 28 heavy (non-hydrogen) atoms. The number of hydrogen-bond acceptors (Lipinski definition) is 3.